The van der Waals surface area contributed by atoms with E-state index < -0.39 is 11.6 Å². The van der Waals surface area contributed by atoms with Gasteiger partial charge in [-0.3, -0.25) is 9.59 Å². The molecule has 0 unspecified atom stereocenters. The first kappa shape index (κ1) is 10.9. The van der Waals surface area contributed by atoms with Crippen LogP contribution >= 0.6 is 0 Å². The number of hydrogen-bond donors (Lipinski definition) is 0. The Kier molecular flexibility index (Phi) is 4.65. The number of allylic oxidation sites excluding steroid dienone is 1. The van der Waals surface area contributed by atoms with Crippen LogP contribution in [0.25, 0.3) is 0 Å². The number of Topliss-reactive ketones (excluding diaryl/α,β-unsaturated/α-hetero) is 2. The Hall–Kier alpha value is -0.120. The van der Waals surface area contributed by atoms with E-state index in [1.165, 1.54) is 0 Å². The van der Waals surface area contributed by atoms with Crippen molar-refractivity contribution in [1.29, 1.82) is 0 Å². The molecule has 0 heterocycles. The second-order valence-corrected chi connectivity index (χ2v) is 2.25. The molecule has 0 saturated heterocycles. The van der Waals surface area contributed by atoms with Gasteiger partial charge in [0.15, 0.2) is 0 Å². The second-order valence-electron chi connectivity index (χ2n) is 2.25. The molecule has 0 aromatic carbocycles. The van der Waals surface area contributed by atoms with Crippen LogP contribution in [0.3, 0.4) is 0 Å². The van der Waals surface area contributed by atoms with Crippen molar-refractivity contribution < 1.29 is 44.3 Å². The normalized spacial score (nSPS) is 21.6. The van der Waals surface area contributed by atoms with E-state index in [2.05, 4.69) is 0 Å². The molecule has 0 bridgehead atoms. The van der Waals surface area contributed by atoms with Crippen molar-refractivity contribution in [3.63, 3.8) is 0 Å². The Morgan fingerprint density at radius 2 is 1.91 bits per heavy atom. The maximum Gasteiger partial charge on any atom is 1.00 e. The second kappa shape index (κ2) is 4.70. The topological polar surface area (TPSA) is 57.2 Å². The van der Waals surface area contributed by atoms with Crippen molar-refractivity contribution in [2.45, 2.75) is 19.3 Å². The van der Waals surface area contributed by atoms with E-state index in [-0.39, 0.29) is 35.1 Å². The summed E-state index contributed by atoms with van der Waals surface area (Å²) >= 11 is 0. The summed E-state index contributed by atoms with van der Waals surface area (Å²) in [6.45, 7) is 0. The SMILES string of the molecule is O=C1CCC/C(=C/[O-])C1=O.[Na+]. The molecule has 1 fully saturated rings. The van der Waals surface area contributed by atoms with Crippen LogP contribution in [0.5, 0.6) is 0 Å². The largest absolute Gasteiger partial charge is 1.00 e. The maximum absolute atomic E-state index is 10.7. The van der Waals surface area contributed by atoms with Crippen molar-refractivity contribution in [2.75, 3.05) is 0 Å². The third kappa shape index (κ3) is 2.43. The fourth-order valence-electron chi connectivity index (χ4n) is 0.958. The number of ketones is 2. The van der Waals surface area contributed by atoms with Gasteiger partial charge in [-0.2, -0.15) is 0 Å². The van der Waals surface area contributed by atoms with Crippen LogP contribution in [0.1, 0.15) is 19.3 Å². The summed E-state index contributed by atoms with van der Waals surface area (Å²) in [6, 6.07) is 0. The summed E-state index contributed by atoms with van der Waals surface area (Å²) in [4.78, 5) is 21.4. The Labute approximate surface area is 86.8 Å². The van der Waals surface area contributed by atoms with Gasteiger partial charge in [0.25, 0.3) is 0 Å². The van der Waals surface area contributed by atoms with Crippen LogP contribution in [0.4, 0.5) is 0 Å². The first-order valence-corrected chi connectivity index (χ1v) is 3.14. The van der Waals surface area contributed by atoms with Crippen LogP contribution in [0.2, 0.25) is 0 Å². The van der Waals surface area contributed by atoms with E-state index in [9.17, 15) is 14.7 Å². The Bertz CT molecular complexity index is 208. The van der Waals surface area contributed by atoms with E-state index in [0.717, 1.165) is 0 Å². The van der Waals surface area contributed by atoms with Gasteiger partial charge in [-0.15, -0.1) is 6.26 Å². The third-order valence-electron chi connectivity index (χ3n) is 1.54. The van der Waals surface area contributed by atoms with E-state index in [1.54, 1.807) is 0 Å². The van der Waals surface area contributed by atoms with Crippen molar-refractivity contribution in [3.8, 4) is 0 Å². The first-order valence-electron chi connectivity index (χ1n) is 3.14. The summed E-state index contributed by atoms with van der Waals surface area (Å²) in [6.07, 6.45) is 1.89. The van der Waals surface area contributed by atoms with Gasteiger partial charge in [-0.1, -0.05) is 0 Å². The van der Waals surface area contributed by atoms with Gasteiger partial charge in [0, 0.05) is 6.42 Å². The van der Waals surface area contributed by atoms with E-state index in [4.69, 9.17) is 0 Å². The molecule has 4 heteroatoms. The van der Waals surface area contributed by atoms with Crippen LogP contribution in [-0.4, -0.2) is 11.6 Å². The molecular formula is C7H7NaO3. The minimum atomic E-state index is -0.582. The molecule has 0 radical (unpaired) electrons. The fraction of sp³-hybridized carbons (Fsp3) is 0.429. The molecule has 0 amide bonds. The molecule has 11 heavy (non-hydrogen) atoms. The number of hydrogen-bond acceptors (Lipinski definition) is 3. The monoisotopic (exact) mass is 162 g/mol. The average Bonchev–Trinajstić information content (AvgIpc) is 1.95. The summed E-state index contributed by atoms with van der Waals surface area (Å²) in [5.41, 5.74) is 0.135. The van der Waals surface area contributed by atoms with E-state index >= 15 is 0 Å². The summed E-state index contributed by atoms with van der Waals surface area (Å²) in [5.74, 6) is -1.00. The molecule has 1 aliphatic rings. The molecule has 1 rings (SSSR count). The van der Waals surface area contributed by atoms with Gasteiger partial charge in [0.05, 0.1) is 0 Å². The first-order chi connectivity index (χ1) is 4.75. The third-order valence-corrected chi connectivity index (χ3v) is 1.54. The van der Waals surface area contributed by atoms with Crippen LogP contribution in [0.15, 0.2) is 11.8 Å². The predicted octanol–water partition coefficient (Wildman–Crippen LogP) is -3.44. The van der Waals surface area contributed by atoms with E-state index in [1.807, 2.05) is 0 Å². The summed E-state index contributed by atoms with van der Waals surface area (Å²) < 4.78 is 0. The van der Waals surface area contributed by atoms with Crippen molar-refractivity contribution >= 4 is 11.6 Å². The molecule has 54 valence electrons. The van der Waals surface area contributed by atoms with Gasteiger partial charge < -0.3 is 5.11 Å². The zero-order valence-corrected chi connectivity index (χ0v) is 8.42. The smallest absolute Gasteiger partial charge is 0.878 e. The van der Waals surface area contributed by atoms with Crippen molar-refractivity contribution in [2.24, 2.45) is 0 Å². The Morgan fingerprint density at radius 3 is 2.36 bits per heavy atom. The van der Waals surface area contributed by atoms with Crippen molar-refractivity contribution in [1.82, 2.24) is 0 Å². The minimum absolute atomic E-state index is 0. The average molecular weight is 162 g/mol. The summed E-state index contributed by atoms with van der Waals surface area (Å²) in [7, 11) is 0. The molecule has 3 nitrogen and oxygen atoms in total. The molecule has 0 aliphatic heterocycles. The standard InChI is InChI=1S/C7H8O3.Na/c8-4-5-2-1-3-6(9)7(5)10;/h4,8H,1-3H2;/q;+1/p-1/b5-4-;. The van der Waals surface area contributed by atoms with Gasteiger partial charge in [-0.25, -0.2) is 0 Å². The molecule has 1 aliphatic carbocycles. The fourth-order valence-corrected chi connectivity index (χ4v) is 0.958. The van der Waals surface area contributed by atoms with Crippen molar-refractivity contribution in [3.05, 3.63) is 11.8 Å². The Balaban J connectivity index is 0.000001000. The van der Waals surface area contributed by atoms with Crippen LogP contribution in [-0.2, 0) is 9.59 Å². The zero-order chi connectivity index (χ0) is 7.56. The predicted molar refractivity (Wildman–Crippen MR) is 31.9 cm³/mol. The quantitative estimate of drug-likeness (QED) is 0.161. The molecule has 1 saturated carbocycles. The molecule has 0 atom stereocenters. The number of rotatable bonds is 0. The van der Waals surface area contributed by atoms with Crippen LogP contribution < -0.4 is 34.7 Å². The zero-order valence-electron chi connectivity index (χ0n) is 6.42. The van der Waals surface area contributed by atoms with Gasteiger partial charge in [0.1, 0.15) is 0 Å². The summed E-state index contributed by atoms with van der Waals surface area (Å²) in [5, 5.41) is 10.1. The molecule has 0 aromatic rings. The molecule has 0 N–H and O–H groups in total. The molecular weight excluding hydrogens is 155 g/mol. The van der Waals surface area contributed by atoms with Gasteiger partial charge in [0.2, 0.25) is 11.6 Å². The number of carbonyl (C=O) groups is 2. The Morgan fingerprint density at radius 1 is 1.27 bits per heavy atom. The van der Waals surface area contributed by atoms with Crippen LogP contribution in [0, 0.1) is 0 Å². The molecule has 0 aromatic heterocycles. The minimum Gasteiger partial charge on any atom is -0.878 e. The number of carbonyl (C=O) groups excluding carboxylic acids is 2. The maximum atomic E-state index is 10.7. The molecule has 0 spiro atoms. The van der Waals surface area contributed by atoms with E-state index in [0.29, 0.717) is 25.5 Å². The van der Waals surface area contributed by atoms with Gasteiger partial charge in [-0.05, 0) is 18.4 Å². The van der Waals surface area contributed by atoms with Gasteiger partial charge >= 0.3 is 29.6 Å².